The van der Waals surface area contributed by atoms with Gasteiger partial charge in [0, 0.05) is 12.5 Å². The Hall–Kier alpha value is -2.02. The Morgan fingerprint density at radius 1 is 1.09 bits per heavy atom. The van der Waals surface area contributed by atoms with Crippen LogP contribution in [-0.4, -0.2) is 42.1 Å². The molecule has 178 valence electrons. The summed E-state index contributed by atoms with van der Waals surface area (Å²) in [4.78, 5) is 12.3. The minimum absolute atomic E-state index is 0. The van der Waals surface area contributed by atoms with E-state index in [0.717, 1.165) is 5.92 Å². The summed E-state index contributed by atoms with van der Waals surface area (Å²) in [6.45, 7) is 2.03. The molecule has 2 aromatic rings. The van der Waals surface area contributed by atoms with E-state index in [1.165, 1.54) is 4.68 Å². The van der Waals surface area contributed by atoms with Crippen LogP contribution in [0.3, 0.4) is 0 Å². The van der Waals surface area contributed by atoms with Crippen LogP contribution < -0.4 is 9.84 Å². The van der Waals surface area contributed by atoms with Gasteiger partial charge in [-0.05, 0) is 76.8 Å². The van der Waals surface area contributed by atoms with E-state index >= 15 is 0 Å². The molecule has 0 aliphatic heterocycles. The van der Waals surface area contributed by atoms with Crippen molar-refractivity contribution in [3.63, 3.8) is 0 Å². The number of carbonyl (C=O) groups is 1. The summed E-state index contributed by atoms with van der Waals surface area (Å²) in [6, 6.07) is 8.90. The van der Waals surface area contributed by atoms with E-state index < -0.39 is 12.1 Å². The largest absolute Gasteiger partial charge is 2.00 e. The molecule has 1 aromatic carbocycles. The summed E-state index contributed by atoms with van der Waals surface area (Å²) in [5, 5.41) is 21.3. The second-order valence-electron chi connectivity index (χ2n) is 7.09. The van der Waals surface area contributed by atoms with Crippen molar-refractivity contribution in [1.29, 1.82) is 0 Å². The average molecular weight is 501 g/mol. The van der Waals surface area contributed by atoms with Gasteiger partial charge in [0.2, 0.25) is 0 Å². The number of aromatic nitrogens is 2. The second-order valence-corrected chi connectivity index (χ2v) is 7.09. The molecule has 2 aliphatic rings. The van der Waals surface area contributed by atoms with E-state index in [-0.39, 0.29) is 42.5 Å². The van der Waals surface area contributed by atoms with Crippen LogP contribution in [-0.2, 0) is 28.4 Å². The van der Waals surface area contributed by atoms with Crippen LogP contribution >= 0.6 is 0 Å². The molecule has 0 bridgehead atoms. The van der Waals surface area contributed by atoms with E-state index in [0.29, 0.717) is 17.1 Å². The van der Waals surface area contributed by atoms with Crippen LogP contribution in [0.25, 0.3) is 5.32 Å². The normalized spacial score (nSPS) is 16.2. The third-order valence-electron chi connectivity index (χ3n) is 4.71. The molecule has 0 amide bonds. The fourth-order valence-corrected chi connectivity index (χ4v) is 3.14. The van der Waals surface area contributed by atoms with E-state index in [2.05, 4.69) is 10.4 Å². The van der Waals surface area contributed by atoms with Gasteiger partial charge in [-0.25, -0.2) is 4.79 Å². The van der Waals surface area contributed by atoms with Gasteiger partial charge in [0.05, 0.1) is 19.4 Å². The van der Waals surface area contributed by atoms with E-state index in [4.69, 9.17) is 9.47 Å². The predicted octanol–water partition coefficient (Wildman–Crippen LogP) is 3.28. The van der Waals surface area contributed by atoms with Crippen LogP contribution in [0.15, 0.2) is 30.3 Å². The summed E-state index contributed by atoms with van der Waals surface area (Å²) in [5.74, 6) is 0.992. The van der Waals surface area contributed by atoms with Crippen molar-refractivity contribution in [2.24, 2.45) is 0 Å². The SMILES string of the molecule is CCOC(=O)c1cc([C]2[CH][CH][CH][CH]2)nn1C[C@@H]([O-])C[N-]c1ccccc1OC.[CH]1[CH][CH][CH][CH]1.[Fe+2]. The number of hydrogen-bond donors (Lipinski definition) is 0. The molecule has 2 fully saturated rings. The van der Waals surface area contributed by atoms with E-state index in [9.17, 15) is 9.90 Å². The summed E-state index contributed by atoms with van der Waals surface area (Å²) >= 11 is 0. The number of para-hydroxylation sites is 2. The maximum atomic E-state index is 12.5. The molecule has 34 heavy (non-hydrogen) atoms. The van der Waals surface area contributed by atoms with Crippen molar-refractivity contribution < 1.29 is 36.4 Å². The zero-order valence-corrected chi connectivity index (χ0v) is 20.2. The Morgan fingerprint density at radius 3 is 2.35 bits per heavy atom. The Kier molecular flexibility index (Phi) is 12.5. The van der Waals surface area contributed by atoms with Crippen LogP contribution in [0.1, 0.15) is 23.1 Å². The molecule has 7 nitrogen and oxygen atoms in total. The molecule has 0 N–H and O–H groups in total. The third-order valence-corrected chi connectivity index (χ3v) is 4.71. The first-order valence-electron chi connectivity index (χ1n) is 10.7. The van der Waals surface area contributed by atoms with Crippen molar-refractivity contribution in [3.05, 3.63) is 111 Å². The molecular formula is C26H27FeN3O4. The van der Waals surface area contributed by atoms with Gasteiger partial charge in [-0.3, -0.25) is 4.68 Å². The summed E-state index contributed by atoms with van der Waals surface area (Å²) in [7, 11) is 1.56. The first-order valence-corrected chi connectivity index (χ1v) is 10.7. The summed E-state index contributed by atoms with van der Waals surface area (Å²) < 4.78 is 11.8. The Bertz CT molecular complexity index is 856. The summed E-state index contributed by atoms with van der Waals surface area (Å²) in [6.07, 6.45) is 16.5. The molecule has 10 radical (unpaired) electrons. The molecule has 1 heterocycles. The van der Waals surface area contributed by atoms with Crippen molar-refractivity contribution in [2.75, 3.05) is 20.3 Å². The molecule has 2 aliphatic carbocycles. The van der Waals surface area contributed by atoms with Gasteiger partial charge in [0.15, 0.2) is 0 Å². The Labute approximate surface area is 214 Å². The first kappa shape index (κ1) is 28.2. The topological polar surface area (TPSA) is 90.5 Å². The van der Waals surface area contributed by atoms with Gasteiger partial charge in [-0.1, -0.05) is 23.9 Å². The molecule has 1 atom stereocenters. The number of hydrogen-bond acceptors (Lipinski definition) is 5. The fourth-order valence-electron chi connectivity index (χ4n) is 3.14. The van der Waals surface area contributed by atoms with E-state index in [1.54, 1.807) is 32.2 Å². The van der Waals surface area contributed by atoms with Crippen molar-refractivity contribution in [2.45, 2.75) is 19.6 Å². The van der Waals surface area contributed by atoms with Crippen LogP contribution in [0.5, 0.6) is 5.75 Å². The average Bonchev–Trinajstić information content (AvgIpc) is 3.61. The van der Waals surface area contributed by atoms with Gasteiger partial charge in [-0.2, -0.15) is 5.10 Å². The molecule has 0 spiro atoms. The molecule has 1 aromatic heterocycles. The van der Waals surface area contributed by atoms with Gasteiger partial charge in [-0.15, -0.1) is 12.6 Å². The number of carbonyl (C=O) groups excluding carboxylic acids is 1. The quantitative estimate of drug-likeness (QED) is 0.389. The zero-order chi connectivity index (χ0) is 23.5. The van der Waals surface area contributed by atoms with Crippen LogP contribution in [0, 0.1) is 63.7 Å². The van der Waals surface area contributed by atoms with Crippen molar-refractivity contribution in [3.8, 4) is 5.75 Å². The fraction of sp³-hybridized carbons (Fsp3) is 0.231. The number of rotatable bonds is 9. The molecule has 4 rings (SSSR count). The summed E-state index contributed by atoms with van der Waals surface area (Å²) in [5.41, 5.74) is 1.51. The minimum atomic E-state index is -1.08. The minimum Gasteiger partial charge on any atom is -0.852 e. The monoisotopic (exact) mass is 501 g/mol. The predicted molar refractivity (Wildman–Crippen MR) is 124 cm³/mol. The number of esters is 1. The van der Waals surface area contributed by atoms with Crippen molar-refractivity contribution in [1.82, 2.24) is 9.78 Å². The number of methoxy groups -OCH3 is 1. The standard InChI is InChI=1S/C21H22N3O4.C5H5.Fe/c1-3-28-21(26)19-12-18(15-8-4-5-9-15)23-24(19)14-16(25)13-22-17-10-6-7-11-20(17)27-2;1-2-4-5-3-1;/h4-12,16H,3,13-14H2,1-2H3;1-5H;/q-2;;+2/t16-;;/m0../s1. The molecular weight excluding hydrogens is 474 g/mol. The van der Waals surface area contributed by atoms with Gasteiger partial charge in [0.1, 0.15) is 11.4 Å². The first-order chi connectivity index (χ1) is 16.1. The van der Waals surface area contributed by atoms with E-state index in [1.807, 2.05) is 69.9 Å². The molecule has 2 saturated carbocycles. The molecule has 0 saturated heterocycles. The van der Waals surface area contributed by atoms with Crippen LogP contribution in [0.4, 0.5) is 5.69 Å². The molecule has 0 unspecified atom stereocenters. The van der Waals surface area contributed by atoms with Gasteiger partial charge in [0.25, 0.3) is 0 Å². The maximum Gasteiger partial charge on any atom is 2.00 e. The Balaban J connectivity index is 0.000000603. The second kappa shape index (κ2) is 15.1. The molecule has 8 heteroatoms. The van der Waals surface area contributed by atoms with Crippen LogP contribution in [0.2, 0.25) is 0 Å². The zero-order valence-electron chi connectivity index (χ0n) is 19.1. The third kappa shape index (κ3) is 8.33. The van der Waals surface area contributed by atoms with Crippen molar-refractivity contribution >= 4 is 11.7 Å². The Morgan fingerprint density at radius 2 is 1.74 bits per heavy atom. The number of ether oxygens (including phenoxy) is 2. The number of nitrogens with zero attached hydrogens (tertiary/aromatic N) is 3. The smallest absolute Gasteiger partial charge is 0.852 e. The number of benzene rings is 1. The van der Waals surface area contributed by atoms with Gasteiger partial charge < -0.3 is 19.9 Å². The van der Waals surface area contributed by atoms with Gasteiger partial charge >= 0.3 is 23.0 Å². The maximum absolute atomic E-state index is 12.5.